The molecule has 0 unspecified atom stereocenters. The minimum absolute atomic E-state index is 0.405. The van der Waals surface area contributed by atoms with Crippen LogP contribution in [-0.4, -0.2) is 17.3 Å². The van der Waals surface area contributed by atoms with Gasteiger partial charge in [0.15, 0.2) is 5.75 Å². The van der Waals surface area contributed by atoms with Crippen molar-refractivity contribution in [2.75, 3.05) is 7.11 Å². The highest BCUT2D eigenvalue weighted by atomic mass is 35.5. The molecule has 0 aliphatic rings. The predicted octanol–water partition coefficient (Wildman–Crippen LogP) is 2.68. The molecule has 14 heavy (non-hydrogen) atoms. The zero-order valence-electron chi connectivity index (χ0n) is 7.28. The highest BCUT2D eigenvalue weighted by molar-refractivity contribution is 7.22. The van der Waals surface area contributed by atoms with Crippen molar-refractivity contribution in [2.24, 2.45) is 0 Å². The van der Waals surface area contributed by atoms with Crippen LogP contribution in [0.2, 0.25) is 0 Å². The fourth-order valence-electron chi connectivity index (χ4n) is 1.24. The first-order chi connectivity index (χ1) is 6.74. The number of aromatic nitrogens is 1. The molecule has 0 radical (unpaired) electrons. The summed E-state index contributed by atoms with van der Waals surface area (Å²) in [6.07, 6.45) is 1.67. The third-order valence-corrected chi connectivity index (χ3v) is 3.20. The van der Waals surface area contributed by atoms with Crippen LogP contribution in [0.15, 0.2) is 18.3 Å². The number of halogens is 1. The fraction of sp³-hybridized carbons (Fsp3) is 0.111. The molecule has 0 aromatic carbocycles. The number of fused-ring (bicyclic) bond motifs is 1. The molecule has 0 amide bonds. The summed E-state index contributed by atoms with van der Waals surface area (Å²) in [6.45, 7) is 0. The molecule has 5 heteroatoms. The number of carbonyl (C=O) groups is 1. The Bertz CT molecular complexity index is 495. The van der Waals surface area contributed by atoms with Gasteiger partial charge in [-0.1, -0.05) is 0 Å². The van der Waals surface area contributed by atoms with Gasteiger partial charge in [-0.05, 0) is 23.7 Å². The SMILES string of the molecule is COc1c(C(=O)Cl)sc2ncccc12. The van der Waals surface area contributed by atoms with E-state index >= 15 is 0 Å². The van der Waals surface area contributed by atoms with E-state index in [1.165, 1.54) is 18.4 Å². The Kier molecular flexibility index (Phi) is 2.39. The van der Waals surface area contributed by atoms with Gasteiger partial charge in [0.1, 0.15) is 9.71 Å². The van der Waals surface area contributed by atoms with E-state index in [4.69, 9.17) is 16.3 Å². The summed E-state index contributed by atoms with van der Waals surface area (Å²) in [5.41, 5.74) is 0. The van der Waals surface area contributed by atoms with Crippen molar-refractivity contribution in [1.29, 1.82) is 0 Å². The molecule has 2 heterocycles. The van der Waals surface area contributed by atoms with E-state index in [9.17, 15) is 4.79 Å². The molecule has 2 aromatic rings. The average molecular weight is 228 g/mol. The van der Waals surface area contributed by atoms with E-state index in [0.717, 1.165) is 10.2 Å². The van der Waals surface area contributed by atoms with E-state index in [1.807, 2.05) is 6.07 Å². The summed E-state index contributed by atoms with van der Waals surface area (Å²) in [6, 6.07) is 3.64. The molecule has 0 saturated heterocycles. The Hall–Kier alpha value is -1.13. The lowest BCUT2D eigenvalue weighted by molar-refractivity contribution is 0.108. The van der Waals surface area contributed by atoms with Crippen LogP contribution in [0.25, 0.3) is 10.2 Å². The van der Waals surface area contributed by atoms with Crippen LogP contribution in [0.5, 0.6) is 5.75 Å². The molecule has 0 N–H and O–H groups in total. The summed E-state index contributed by atoms with van der Waals surface area (Å²) in [5.74, 6) is 0.512. The van der Waals surface area contributed by atoms with Gasteiger partial charge in [-0.15, -0.1) is 11.3 Å². The van der Waals surface area contributed by atoms with Gasteiger partial charge < -0.3 is 4.74 Å². The number of pyridine rings is 1. The van der Waals surface area contributed by atoms with Crippen molar-refractivity contribution in [3.8, 4) is 5.75 Å². The summed E-state index contributed by atoms with van der Waals surface area (Å²) in [4.78, 5) is 16.3. The van der Waals surface area contributed by atoms with E-state index in [1.54, 1.807) is 12.3 Å². The van der Waals surface area contributed by atoms with Crippen LogP contribution >= 0.6 is 22.9 Å². The lowest BCUT2D eigenvalue weighted by Crippen LogP contribution is -1.89. The topological polar surface area (TPSA) is 39.2 Å². The van der Waals surface area contributed by atoms with E-state index in [0.29, 0.717) is 10.6 Å². The summed E-state index contributed by atoms with van der Waals surface area (Å²) in [5, 5.41) is 0.314. The number of methoxy groups -OCH3 is 1. The van der Waals surface area contributed by atoms with Gasteiger partial charge in [0.2, 0.25) is 0 Å². The fourth-order valence-corrected chi connectivity index (χ4v) is 2.39. The molecule has 3 nitrogen and oxygen atoms in total. The summed E-state index contributed by atoms with van der Waals surface area (Å²) in [7, 11) is 1.51. The molecule has 0 aliphatic carbocycles. The van der Waals surface area contributed by atoms with Crippen molar-refractivity contribution in [1.82, 2.24) is 4.98 Å². The molecular formula is C9H6ClNO2S. The van der Waals surface area contributed by atoms with Crippen LogP contribution in [0.1, 0.15) is 9.67 Å². The number of ether oxygens (including phenoxy) is 1. The second-order valence-corrected chi connectivity index (χ2v) is 3.94. The van der Waals surface area contributed by atoms with E-state index in [2.05, 4.69) is 4.98 Å². The highest BCUT2D eigenvalue weighted by Gasteiger charge is 2.17. The quantitative estimate of drug-likeness (QED) is 0.741. The Morgan fingerprint density at radius 3 is 3.07 bits per heavy atom. The molecule has 2 aromatic heterocycles. The van der Waals surface area contributed by atoms with Crippen LogP contribution in [0.4, 0.5) is 0 Å². The van der Waals surface area contributed by atoms with Gasteiger partial charge in [0, 0.05) is 6.20 Å². The van der Waals surface area contributed by atoms with Gasteiger partial charge in [-0.3, -0.25) is 4.79 Å². The van der Waals surface area contributed by atoms with Crippen molar-refractivity contribution in [3.63, 3.8) is 0 Å². The van der Waals surface area contributed by atoms with Gasteiger partial charge >= 0.3 is 0 Å². The zero-order valence-corrected chi connectivity index (χ0v) is 8.85. The second-order valence-electron chi connectivity index (χ2n) is 2.59. The van der Waals surface area contributed by atoms with Crippen LogP contribution in [0, 0.1) is 0 Å². The molecule has 72 valence electrons. The average Bonchev–Trinajstić information content (AvgIpc) is 2.56. The van der Waals surface area contributed by atoms with E-state index < -0.39 is 5.24 Å². The number of hydrogen-bond donors (Lipinski definition) is 0. The normalized spacial score (nSPS) is 10.4. The first-order valence-corrected chi connectivity index (χ1v) is 5.05. The molecule has 2 rings (SSSR count). The lowest BCUT2D eigenvalue weighted by Gasteiger charge is -1.97. The highest BCUT2D eigenvalue weighted by Crippen LogP contribution is 2.36. The number of nitrogens with zero attached hydrogens (tertiary/aromatic N) is 1. The lowest BCUT2D eigenvalue weighted by atomic mass is 10.3. The number of rotatable bonds is 2. The smallest absolute Gasteiger partial charge is 0.266 e. The maximum atomic E-state index is 11.1. The van der Waals surface area contributed by atoms with Crippen molar-refractivity contribution >= 4 is 38.4 Å². The second kappa shape index (κ2) is 3.55. The standard InChI is InChI=1S/C9H6ClNO2S/c1-13-6-5-3-2-4-11-9(5)14-7(6)8(10)12/h2-4H,1H3. The molecule has 0 spiro atoms. The third kappa shape index (κ3) is 1.36. The predicted molar refractivity (Wildman–Crippen MR) is 56.4 cm³/mol. The van der Waals surface area contributed by atoms with Crippen molar-refractivity contribution in [3.05, 3.63) is 23.2 Å². The van der Waals surface area contributed by atoms with Gasteiger partial charge in [0.05, 0.1) is 12.5 Å². The first-order valence-electron chi connectivity index (χ1n) is 3.85. The van der Waals surface area contributed by atoms with Crippen LogP contribution in [-0.2, 0) is 0 Å². The molecule has 0 atom stereocenters. The van der Waals surface area contributed by atoms with Crippen LogP contribution in [0.3, 0.4) is 0 Å². The minimum atomic E-state index is -0.509. The molecule has 0 bridgehead atoms. The van der Waals surface area contributed by atoms with Crippen molar-refractivity contribution in [2.45, 2.75) is 0 Å². The maximum absolute atomic E-state index is 11.1. The number of thiophene rings is 1. The maximum Gasteiger partial charge on any atom is 0.266 e. The Morgan fingerprint density at radius 2 is 2.43 bits per heavy atom. The number of hydrogen-bond acceptors (Lipinski definition) is 4. The summed E-state index contributed by atoms with van der Waals surface area (Å²) < 4.78 is 5.13. The Labute approximate surface area is 89.3 Å². The van der Waals surface area contributed by atoms with Crippen molar-refractivity contribution < 1.29 is 9.53 Å². The van der Waals surface area contributed by atoms with Gasteiger partial charge in [0.25, 0.3) is 5.24 Å². The molecule has 0 aliphatic heterocycles. The zero-order chi connectivity index (χ0) is 10.1. The molecular weight excluding hydrogens is 222 g/mol. The first kappa shape index (κ1) is 9.43. The Balaban J connectivity index is 2.78. The minimum Gasteiger partial charge on any atom is -0.494 e. The summed E-state index contributed by atoms with van der Waals surface area (Å²) >= 11 is 6.66. The van der Waals surface area contributed by atoms with Gasteiger partial charge in [-0.2, -0.15) is 0 Å². The molecule has 0 saturated carbocycles. The Morgan fingerprint density at radius 1 is 1.64 bits per heavy atom. The largest absolute Gasteiger partial charge is 0.494 e. The molecule has 0 fully saturated rings. The van der Waals surface area contributed by atoms with E-state index in [-0.39, 0.29) is 0 Å². The number of carbonyl (C=O) groups excluding carboxylic acids is 1. The van der Waals surface area contributed by atoms with Crippen LogP contribution < -0.4 is 4.74 Å². The van der Waals surface area contributed by atoms with Gasteiger partial charge in [-0.25, -0.2) is 4.98 Å². The third-order valence-electron chi connectivity index (χ3n) is 1.80. The monoisotopic (exact) mass is 227 g/mol.